The first kappa shape index (κ1) is 15.3. The second-order valence-corrected chi connectivity index (χ2v) is 8.02. The van der Waals surface area contributed by atoms with Gasteiger partial charge in [-0.15, -0.1) is 0 Å². The van der Waals surface area contributed by atoms with Gasteiger partial charge in [0.15, 0.2) is 0 Å². The molecule has 0 bridgehead atoms. The van der Waals surface area contributed by atoms with Gasteiger partial charge in [-0.2, -0.15) is 0 Å². The number of halogens is 2. The Morgan fingerprint density at radius 2 is 1.71 bits per heavy atom. The molecule has 1 fully saturated rings. The lowest BCUT2D eigenvalue weighted by atomic mass is 9.93. The van der Waals surface area contributed by atoms with Crippen molar-refractivity contribution in [3.8, 4) is 0 Å². The van der Waals surface area contributed by atoms with Crippen molar-refractivity contribution in [3.05, 3.63) is 32.7 Å². The number of benzene rings is 1. The van der Waals surface area contributed by atoms with Gasteiger partial charge in [-0.05, 0) is 30.0 Å². The summed E-state index contributed by atoms with van der Waals surface area (Å²) in [4.78, 5) is 17.4. The standard InChI is InChI=1S/C16H20Br2N2O/c17-12(7-10-5-3-1-2-4-6-10)11-8-14-15(9-13(11)18)20-16(21)19-14/h8-10,12H,1-7H2,(H2,19,20,21). The molecule has 3 nitrogen and oxygen atoms in total. The Balaban J connectivity index is 1.81. The summed E-state index contributed by atoms with van der Waals surface area (Å²) in [5.41, 5.74) is 2.80. The average Bonchev–Trinajstić information content (AvgIpc) is 2.63. The van der Waals surface area contributed by atoms with Crippen molar-refractivity contribution in [2.24, 2.45) is 5.92 Å². The van der Waals surface area contributed by atoms with Crippen molar-refractivity contribution < 1.29 is 0 Å². The molecule has 21 heavy (non-hydrogen) atoms. The lowest BCUT2D eigenvalue weighted by Gasteiger charge is -2.19. The molecule has 1 heterocycles. The highest BCUT2D eigenvalue weighted by Crippen LogP contribution is 2.39. The van der Waals surface area contributed by atoms with Gasteiger partial charge in [-0.25, -0.2) is 4.79 Å². The summed E-state index contributed by atoms with van der Waals surface area (Å²) >= 11 is 7.50. The molecule has 5 heteroatoms. The number of H-pyrrole nitrogens is 2. The summed E-state index contributed by atoms with van der Waals surface area (Å²) in [5.74, 6) is 0.810. The Morgan fingerprint density at radius 3 is 2.38 bits per heavy atom. The van der Waals surface area contributed by atoms with Gasteiger partial charge in [0, 0.05) is 9.30 Å². The highest BCUT2D eigenvalue weighted by Gasteiger charge is 2.20. The smallest absolute Gasteiger partial charge is 0.306 e. The molecule has 1 aromatic heterocycles. The van der Waals surface area contributed by atoms with Crippen molar-refractivity contribution in [1.82, 2.24) is 9.97 Å². The van der Waals surface area contributed by atoms with Crippen molar-refractivity contribution >= 4 is 42.9 Å². The number of fused-ring (bicyclic) bond motifs is 1. The van der Waals surface area contributed by atoms with Crippen LogP contribution in [0.3, 0.4) is 0 Å². The Kier molecular flexibility index (Phi) is 4.89. The fourth-order valence-electron chi connectivity index (χ4n) is 3.33. The number of hydrogen-bond donors (Lipinski definition) is 2. The summed E-state index contributed by atoms with van der Waals surface area (Å²) < 4.78 is 1.06. The van der Waals surface area contributed by atoms with E-state index in [4.69, 9.17) is 0 Å². The molecule has 0 spiro atoms. The largest absolute Gasteiger partial charge is 0.323 e. The minimum atomic E-state index is -0.149. The molecule has 0 amide bonds. The third-order valence-corrected chi connectivity index (χ3v) is 6.04. The zero-order chi connectivity index (χ0) is 14.8. The molecular weight excluding hydrogens is 396 g/mol. The molecule has 1 aliphatic rings. The van der Waals surface area contributed by atoms with Crippen LogP contribution >= 0.6 is 31.9 Å². The third-order valence-electron chi connectivity index (χ3n) is 4.49. The quantitative estimate of drug-likeness (QED) is 0.510. The van der Waals surface area contributed by atoms with Crippen LogP contribution in [0.5, 0.6) is 0 Å². The number of imidazole rings is 1. The SMILES string of the molecule is O=c1[nH]c2cc(Br)c(C(Br)CC3CCCCCC3)cc2[nH]1. The molecule has 1 atom stereocenters. The first-order chi connectivity index (χ1) is 10.1. The van der Waals surface area contributed by atoms with Crippen LogP contribution in [0.4, 0.5) is 0 Å². The van der Waals surface area contributed by atoms with Crippen molar-refractivity contribution in [1.29, 1.82) is 0 Å². The number of aromatic nitrogens is 2. The van der Waals surface area contributed by atoms with Crippen LogP contribution in [0.1, 0.15) is 55.3 Å². The van der Waals surface area contributed by atoms with Gasteiger partial charge >= 0.3 is 5.69 Å². The number of hydrogen-bond acceptors (Lipinski definition) is 1. The van der Waals surface area contributed by atoms with E-state index in [9.17, 15) is 4.79 Å². The monoisotopic (exact) mass is 414 g/mol. The summed E-state index contributed by atoms with van der Waals surface area (Å²) in [6, 6.07) is 4.07. The zero-order valence-electron chi connectivity index (χ0n) is 11.9. The van der Waals surface area contributed by atoms with E-state index in [1.807, 2.05) is 6.07 Å². The van der Waals surface area contributed by atoms with Crippen LogP contribution in [-0.4, -0.2) is 9.97 Å². The molecule has 1 aromatic carbocycles. The maximum Gasteiger partial charge on any atom is 0.323 e. The second-order valence-electron chi connectivity index (χ2n) is 6.06. The Labute approximate surface area is 141 Å². The zero-order valence-corrected chi connectivity index (χ0v) is 15.1. The van der Waals surface area contributed by atoms with E-state index in [1.54, 1.807) is 0 Å². The predicted molar refractivity (Wildman–Crippen MR) is 94.1 cm³/mol. The predicted octanol–water partition coefficient (Wildman–Crippen LogP) is 5.42. The minimum Gasteiger partial charge on any atom is -0.306 e. The van der Waals surface area contributed by atoms with Crippen molar-refractivity contribution in [2.75, 3.05) is 0 Å². The summed E-state index contributed by atoms with van der Waals surface area (Å²) in [6.07, 6.45) is 9.39. The molecule has 3 rings (SSSR count). The first-order valence-corrected chi connectivity index (χ1v) is 9.40. The lowest BCUT2D eigenvalue weighted by molar-refractivity contribution is 0.427. The van der Waals surface area contributed by atoms with Gasteiger partial charge < -0.3 is 9.97 Å². The molecule has 1 unspecified atom stereocenters. The summed E-state index contributed by atoms with van der Waals surface area (Å²) in [5, 5.41) is 0. The highest BCUT2D eigenvalue weighted by atomic mass is 79.9. The topological polar surface area (TPSA) is 48.6 Å². The Hall–Kier alpha value is -0.550. The molecule has 1 aliphatic carbocycles. The van der Waals surface area contributed by atoms with E-state index in [0.717, 1.165) is 21.4 Å². The molecule has 2 aromatic rings. The average molecular weight is 416 g/mol. The number of aromatic amines is 2. The van der Waals surface area contributed by atoms with Gasteiger partial charge in [0.05, 0.1) is 11.0 Å². The second kappa shape index (κ2) is 6.69. The van der Waals surface area contributed by atoms with Crippen LogP contribution in [-0.2, 0) is 0 Å². The van der Waals surface area contributed by atoms with E-state index in [0.29, 0.717) is 4.83 Å². The number of nitrogens with one attached hydrogen (secondary N) is 2. The number of alkyl halides is 1. The van der Waals surface area contributed by atoms with Crippen molar-refractivity contribution in [3.63, 3.8) is 0 Å². The van der Waals surface area contributed by atoms with E-state index >= 15 is 0 Å². The van der Waals surface area contributed by atoms with E-state index in [2.05, 4.69) is 47.9 Å². The summed E-state index contributed by atoms with van der Waals surface area (Å²) in [7, 11) is 0. The van der Waals surface area contributed by atoms with Crippen LogP contribution in [0.25, 0.3) is 11.0 Å². The van der Waals surface area contributed by atoms with E-state index in [1.165, 1.54) is 50.5 Å². The maximum atomic E-state index is 11.4. The minimum absolute atomic E-state index is 0.149. The fourth-order valence-corrected chi connectivity index (χ4v) is 5.17. The first-order valence-electron chi connectivity index (χ1n) is 7.69. The lowest BCUT2D eigenvalue weighted by Crippen LogP contribution is -2.03. The molecule has 0 aliphatic heterocycles. The Bertz CT molecular complexity index is 668. The molecule has 1 saturated carbocycles. The molecule has 0 saturated heterocycles. The number of rotatable bonds is 3. The normalized spacial score (nSPS) is 18.8. The van der Waals surface area contributed by atoms with E-state index in [-0.39, 0.29) is 5.69 Å². The third kappa shape index (κ3) is 3.62. The fraction of sp³-hybridized carbons (Fsp3) is 0.562. The van der Waals surface area contributed by atoms with Gasteiger partial charge in [-0.1, -0.05) is 70.4 Å². The Morgan fingerprint density at radius 1 is 1.10 bits per heavy atom. The van der Waals surface area contributed by atoms with Gasteiger partial charge in [0.1, 0.15) is 0 Å². The highest BCUT2D eigenvalue weighted by molar-refractivity contribution is 9.11. The van der Waals surface area contributed by atoms with Gasteiger partial charge in [0.25, 0.3) is 0 Å². The molecular formula is C16H20Br2N2O. The van der Waals surface area contributed by atoms with Crippen LogP contribution in [0, 0.1) is 5.92 Å². The summed E-state index contributed by atoms with van der Waals surface area (Å²) in [6.45, 7) is 0. The molecule has 0 radical (unpaired) electrons. The maximum absolute atomic E-state index is 11.4. The van der Waals surface area contributed by atoms with Crippen molar-refractivity contribution in [2.45, 2.75) is 49.8 Å². The van der Waals surface area contributed by atoms with E-state index < -0.39 is 0 Å². The van der Waals surface area contributed by atoms with Crippen LogP contribution < -0.4 is 5.69 Å². The molecule has 2 N–H and O–H groups in total. The molecule has 114 valence electrons. The van der Waals surface area contributed by atoms with Crippen LogP contribution in [0.15, 0.2) is 21.4 Å². The van der Waals surface area contributed by atoms with Gasteiger partial charge in [0.2, 0.25) is 0 Å². The van der Waals surface area contributed by atoms with Crippen LogP contribution in [0.2, 0.25) is 0 Å². The van der Waals surface area contributed by atoms with Gasteiger partial charge in [-0.3, -0.25) is 0 Å².